The number of amides is 1. The fourth-order valence-corrected chi connectivity index (χ4v) is 1.72. The van der Waals surface area contributed by atoms with Gasteiger partial charge in [0.2, 0.25) is 0 Å². The van der Waals surface area contributed by atoms with Crippen molar-refractivity contribution in [2.75, 3.05) is 45.9 Å². The molecule has 0 spiro atoms. The van der Waals surface area contributed by atoms with Crippen LogP contribution in [0, 0.1) is 5.92 Å². The van der Waals surface area contributed by atoms with E-state index in [0.717, 1.165) is 19.6 Å². The zero-order valence-corrected chi connectivity index (χ0v) is 12.2. The van der Waals surface area contributed by atoms with Crippen molar-refractivity contribution in [3.05, 3.63) is 0 Å². The maximum atomic E-state index is 11.8. The monoisotopic (exact) mass is 260 g/mol. The molecule has 0 radical (unpaired) electrons. The molecule has 108 valence electrons. The van der Waals surface area contributed by atoms with E-state index >= 15 is 0 Å². The summed E-state index contributed by atoms with van der Waals surface area (Å²) in [6.45, 7) is 12.5. The second-order valence-corrected chi connectivity index (χ2v) is 4.70. The maximum absolute atomic E-state index is 11.8. The summed E-state index contributed by atoms with van der Waals surface area (Å²) in [4.78, 5) is 15.8. The Labute approximate surface area is 111 Å². The van der Waals surface area contributed by atoms with Crippen LogP contribution >= 0.6 is 0 Å². The highest BCUT2D eigenvalue weighted by Crippen LogP contribution is 2.02. The van der Waals surface area contributed by atoms with Crippen molar-refractivity contribution in [2.24, 2.45) is 5.92 Å². The fraction of sp³-hybridized carbons (Fsp3) is 0.923. The molecule has 0 atom stereocenters. The maximum Gasteiger partial charge on any atom is 0.409 e. The molecule has 0 aromatic rings. The minimum atomic E-state index is -0.329. The minimum Gasteiger partial charge on any atom is -0.447 e. The molecule has 1 amide bonds. The van der Waals surface area contributed by atoms with Gasteiger partial charge in [0.15, 0.2) is 0 Å². The van der Waals surface area contributed by atoms with Crippen LogP contribution in [-0.2, 0) is 4.74 Å². The van der Waals surface area contributed by atoms with Crippen LogP contribution in [-0.4, -0.2) is 66.9 Å². The molecule has 0 heterocycles. The molecular formula is C13H28N2O3. The predicted molar refractivity (Wildman–Crippen MR) is 72.6 cm³/mol. The lowest BCUT2D eigenvalue weighted by Crippen LogP contribution is -2.41. The standard InChI is InChI=1S/C13H28N2O3/c1-5-14(6-2)7-8-15(11-12(3)4)13(17)18-10-9-16/h12,16H,5-11H2,1-4H3. The lowest BCUT2D eigenvalue weighted by atomic mass is 10.2. The summed E-state index contributed by atoms with van der Waals surface area (Å²) in [5.74, 6) is 0.406. The largest absolute Gasteiger partial charge is 0.447 e. The quantitative estimate of drug-likeness (QED) is 0.681. The summed E-state index contributed by atoms with van der Waals surface area (Å²) in [5, 5.41) is 8.67. The lowest BCUT2D eigenvalue weighted by Gasteiger charge is -2.27. The van der Waals surface area contributed by atoms with Gasteiger partial charge in [-0.05, 0) is 19.0 Å². The molecule has 0 aliphatic rings. The molecule has 1 N–H and O–H groups in total. The summed E-state index contributed by atoms with van der Waals surface area (Å²) < 4.78 is 4.97. The number of hydrogen-bond donors (Lipinski definition) is 1. The van der Waals surface area contributed by atoms with E-state index in [0.29, 0.717) is 19.0 Å². The van der Waals surface area contributed by atoms with Crippen LogP contribution in [0.1, 0.15) is 27.7 Å². The smallest absolute Gasteiger partial charge is 0.409 e. The van der Waals surface area contributed by atoms with Crippen LogP contribution in [0.4, 0.5) is 4.79 Å². The molecular weight excluding hydrogens is 232 g/mol. The molecule has 0 bridgehead atoms. The van der Waals surface area contributed by atoms with Gasteiger partial charge in [0, 0.05) is 19.6 Å². The number of rotatable bonds is 9. The predicted octanol–water partition coefficient (Wildman–Crippen LogP) is 1.42. The number of carbonyl (C=O) groups excluding carboxylic acids is 1. The Hall–Kier alpha value is -0.810. The first-order valence-corrected chi connectivity index (χ1v) is 6.80. The van der Waals surface area contributed by atoms with Crippen molar-refractivity contribution < 1.29 is 14.6 Å². The van der Waals surface area contributed by atoms with E-state index in [-0.39, 0.29) is 19.3 Å². The summed E-state index contributed by atoms with van der Waals surface area (Å²) in [5.41, 5.74) is 0. The van der Waals surface area contributed by atoms with E-state index in [1.807, 2.05) is 0 Å². The molecule has 18 heavy (non-hydrogen) atoms. The molecule has 0 saturated heterocycles. The second kappa shape index (κ2) is 10.1. The van der Waals surface area contributed by atoms with Crippen molar-refractivity contribution in [3.63, 3.8) is 0 Å². The average Bonchev–Trinajstić information content (AvgIpc) is 2.35. The third-order valence-electron chi connectivity index (χ3n) is 2.74. The lowest BCUT2D eigenvalue weighted by molar-refractivity contribution is 0.0773. The molecule has 0 rings (SSSR count). The number of aliphatic hydroxyl groups is 1. The van der Waals surface area contributed by atoms with E-state index in [9.17, 15) is 4.79 Å². The summed E-state index contributed by atoms with van der Waals surface area (Å²) in [6, 6.07) is 0. The Bertz CT molecular complexity index is 218. The first kappa shape index (κ1) is 17.2. The number of nitrogens with zero attached hydrogens (tertiary/aromatic N) is 2. The first-order chi connectivity index (χ1) is 8.54. The fourth-order valence-electron chi connectivity index (χ4n) is 1.72. The van der Waals surface area contributed by atoms with Gasteiger partial charge in [-0.25, -0.2) is 4.79 Å². The van der Waals surface area contributed by atoms with Gasteiger partial charge in [-0.15, -0.1) is 0 Å². The highest BCUT2D eigenvalue weighted by Gasteiger charge is 2.16. The molecule has 0 aliphatic heterocycles. The van der Waals surface area contributed by atoms with E-state index in [2.05, 4.69) is 32.6 Å². The van der Waals surface area contributed by atoms with Crippen molar-refractivity contribution in [1.82, 2.24) is 9.80 Å². The third kappa shape index (κ3) is 7.50. The highest BCUT2D eigenvalue weighted by atomic mass is 16.6. The summed E-state index contributed by atoms with van der Waals surface area (Å²) in [6.07, 6.45) is -0.329. The van der Waals surface area contributed by atoms with Gasteiger partial charge in [0.05, 0.1) is 6.61 Å². The molecule has 0 aromatic heterocycles. The zero-order chi connectivity index (χ0) is 14.0. The van der Waals surface area contributed by atoms with Gasteiger partial charge >= 0.3 is 6.09 Å². The van der Waals surface area contributed by atoms with Gasteiger partial charge in [0.25, 0.3) is 0 Å². The first-order valence-electron chi connectivity index (χ1n) is 6.80. The molecule has 0 fully saturated rings. The van der Waals surface area contributed by atoms with Crippen molar-refractivity contribution in [2.45, 2.75) is 27.7 Å². The number of aliphatic hydroxyl groups excluding tert-OH is 1. The van der Waals surface area contributed by atoms with E-state index in [1.165, 1.54) is 0 Å². The SMILES string of the molecule is CCN(CC)CCN(CC(C)C)C(=O)OCCO. The Balaban J connectivity index is 4.25. The molecule has 0 unspecified atom stereocenters. The third-order valence-corrected chi connectivity index (χ3v) is 2.74. The molecule has 0 aliphatic carbocycles. The van der Waals surface area contributed by atoms with Crippen molar-refractivity contribution in [1.29, 1.82) is 0 Å². The van der Waals surface area contributed by atoms with Crippen molar-refractivity contribution >= 4 is 6.09 Å². The normalized spacial score (nSPS) is 11.1. The van der Waals surface area contributed by atoms with Crippen LogP contribution in [0.25, 0.3) is 0 Å². The van der Waals surface area contributed by atoms with Gasteiger partial charge < -0.3 is 19.6 Å². The van der Waals surface area contributed by atoms with Crippen LogP contribution in [0.2, 0.25) is 0 Å². The Morgan fingerprint density at radius 3 is 2.28 bits per heavy atom. The van der Waals surface area contributed by atoms with Crippen LogP contribution in [0.5, 0.6) is 0 Å². The topological polar surface area (TPSA) is 53.0 Å². The van der Waals surface area contributed by atoms with Gasteiger partial charge in [-0.3, -0.25) is 0 Å². The van der Waals surface area contributed by atoms with Crippen LogP contribution in [0.3, 0.4) is 0 Å². The summed E-state index contributed by atoms with van der Waals surface area (Å²) >= 11 is 0. The highest BCUT2D eigenvalue weighted by molar-refractivity contribution is 5.67. The van der Waals surface area contributed by atoms with Gasteiger partial charge in [-0.2, -0.15) is 0 Å². The van der Waals surface area contributed by atoms with E-state index in [4.69, 9.17) is 9.84 Å². The molecule has 0 aromatic carbocycles. The number of hydrogen-bond acceptors (Lipinski definition) is 4. The summed E-state index contributed by atoms with van der Waals surface area (Å²) in [7, 11) is 0. The van der Waals surface area contributed by atoms with Crippen molar-refractivity contribution in [3.8, 4) is 0 Å². The Morgan fingerprint density at radius 2 is 1.83 bits per heavy atom. The Morgan fingerprint density at radius 1 is 1.22 bits per heavy atom. The molecule has 0 saturated carbocycles. The average molecular weight is 260 g/mol. The second-order valence-electron chi connectivity index (χ2n) is 4.70. The zero-order valence-electron chi connectivity index (χ0n) is 12.2. The van der Waals surface area contributed by atoms with Gasteiger partial charge in [-0.1, -0.05) is 27.7 Å². The molecule has 5 heteroatoms. The van der Waals surface area contributed by atoms with Crippen LogP contribution in [0.15, 0.2) is 0 Å². The number of ether oxygens (including phenoxy) is 1. The van der Waals surface area contributed by atoms with E-state index < -0.39 is 0 Å². The van der Waals surface area contributed by atoms with E-state index in [1.54, 1.807) is 4.90 Å². The van der Waals surface area contributed by atoms with Crippen LogP contribution < -0.4 is 0 Å². The Kier molecular flexibility index (Phi) is 9.69. The number of carbonyl (C=O) groups is 1. The number of likely N-dealkylation sites (N-methyl/N-ethyl adjacent to an activating group) is 1. The van der Waals surface area contributed by atoms with Gasteiger partial charge in [0.1, 0.15) is 6.61 Å². The molecule has 5 nitrogen and oxygen atoms in total. The minimum absolute atomic E-state index is 0.0682.